The molecule has 140 valence electrons. The SMILES string of the molecule is C=CCc1c(C)nn(-c2nc(CC(=O)Nc3cccc(OC)c3)cs2)c1C. The Kier molecular flexibility index (Phi) is 5.71. The number of carbonyl (C=O) groups excluding carboxylic acids is 1. The van der Waals surface area contributed by atoms with E-state index in [4.69, 9.17) is 4.74 Å². The second-order valence-corrected chi connectivity index (χ2v) is 6.97. The number of hydrogen-bond acceptors (Lipinski definition) is 5. The van der Waals surface area contributed by atoms with E-state index in [0.717, 1.165) is 28.5 Å². The fraction of sp³-hybridized carbons (Fsp3) is 0.250. The zero-order valence-electron chi connectivity index (χ0n) is 15.7. The Morgan fingerprint density at radius 2 is 2.22 bits per heavy atom. The summed E-state index contributed by atoms with van der Waals surface area (Å²) in [5.41, 5.74) is 4.60. The van der Waals surface area contributed by atoms with Crippen LogP contribution in [0.4, 0.5) is 5.69 Å². The summed E-state index contributed by atoms with van der Waals surface area (Å²) in [6.45, 7) is 7.81. The van der Waals surface area contributed by atoms with Crippen molar-refractivity contribution in [2.45, 2.75) is 26.7 Å². The van der Waals surface area contributed by atoms with Gasteiger partial charge in [0, 0.05) is 28.4 Å². The van der Waals surface area contributed by atoms with Gasteiger partial charge in [-0.2, -0.15) is 5.10 Å². The largest absolute Gasteiger partial charge is 0.497 e. The lowest BCUT2D eigenvalue weighted by Gasteiger charge is -2.06. The van der Waals surface area contributed by atoms with Crippen LogP contribution >= 0.6 is 11.3 Å². The number of anilines is 1. The van der Waals surface area contributed by atoms with Gasteiger partial charge < -0.3 is 10.1 Å². The quantitative estimate of drug-likeness (QED) is 0.630. The first-order valence-electron chi connectivity index (χ1n) is 8.56. The van der Waals surface area contributed by atoms with Crippen molar-refractivity contribution in [3.8, 4) is 10.9 Å². The van der Waals surface area contributed by atoms with Gasteiger partial charge in [0.05, 0.1) is 24.9 Å². The molecular weight excluding hydrogens is 360 g/mol. The summed E-state index contributed by atoms with van der Waals surface area (Å²) >= 11 is 1.47. The summed E-state index contributed by atoms with van der Waals surface area (Å²) in [4.78, 5) is 16.9. The summed E-state index contributed by atoms with van der Waals surface area (Å²) in [6.07, 6.45) is 2.85. The molecule has 0 aliphatic carbocycles. The van der Waals surface area contributed by atoms with Gasteiger partial charge >= 0.3 is 0 Å². The van der Waals surface area contributed by atoms with Crippen molar-refractivity contribution >= 4 is 22.9 Å². The zero-order valence-corrected chi connectivity index (χ0v) is 16.5. The second kappa shape index (κ2) is 8.18. The highest BCUT2D eigenvalue weighted by Gasteiger charge is 2.15. The fourth-order valence-electron chi connectivity index (χ4n) is 2.85. The first kappa shape index (κ1) is 18.8. The smallest absolute Gasteiger partial charge is 0.230 e. The molecule has 7 heteroatoms. The van der Waals surface area contributed by atoms with E-state index in [-0.39, 0.29) is 12.3 Å². The van der Waals surface area contributed by atoms with Crippen LogP contribution in [0.25, 0.3) is 5.13 Å². The molecule has 0 atom stereocenters. The van der Waals surface area contributed by atoms with E-state index in [0.29, 0.717) is 17.1 Å². The summed E-state index contributed by atoms with van der Waals surface area (Å²) in [7, 11) is 1.59. The van der Waals surface area contributed by atoms with E-state index in [1.807, 2.05) is 48.2 Å². The highest BCUT2D eigenvalue weighted by atomic mass is 32.1. The number of nitrogens with one attached hydrogen (secondary N) is 1. The van der Waals surface area contributed by atoms with E-state index in [2.05, 4.69) is 22.0 Å². The molecule has 0 bridgehead atoms. The molecule has 6 nitrogen and oxygen atoms in total. The number of methoxy groups -OCH3 is 1. The van der Waals surface area contributed by atoms with Gasteiger partial charge in [0.15, 0.2) is 0 Å². The molecule has 2 heterocycles. The Labute approximate surface area is 162 Å². The van der Waals surface area contributed by atoms with Crippen LogP contribution in [0, 0.1) is 13.8 Å². The predicted octanol–water partition coefficient (Wildman–Crippen LogP) is 3.86. The first-order valence-corrected chi connectivity index (χ1v) is 9.44. The van der Waals surface area contributed by atoms with Crippen molar-refractivity contribution < 1.29 is 9.53 Å². The van der Waals surface area contributed by atoms with Crippen molar-refractivity contribution in [3.63, 3.8) is 0 Å². The number of aromatic nitrogens is 3. The Morgan fingerprint density at radius 3 is 2.96 bits per heavy atom. The molecule has 1 aromatic carbocycles. The number of aryl methyl sites for hydroxylation is 1. The number of carbonyl (C=O) groups is 1. The van der Waals surface area contributed by atoms with E-state index < -0.39 is 0 Å². The summed E-state index contributed by atoms with van der Waals surface area (Å²) in [6, 6.07) is 7.27. The highest BCUT2D eigenvalue weighted by molar-refractivity contribution is 7.12. The highest BCUT2D eigenvalue weighted by Crippen LogP contribution is 2.22. The molecule has 2 aromatic heterocycles. The lowest BCUT2D eigenvalue weighted by molar-refractivity contribution is -0.115. The molecule has 3 rings (SSSR count). The number of amides is 1. The monoisotopic (exact) mass is 382 g/mol. The Hall–Kier alpha value is -2.93. The van der Waals surface area contributed by atoms with Gasteiger partial charge in [0.25, 0.3) is 0 Å². The van der Waals surface area contributed by atoms with Crippen LogP contribution in [0.3, 0.4) is 0 Å². The van der Waals surface area contributed by atoms with Crippen LogP contribution in [-0.4, -0.2) is 27.8 Å². The van der Waals surface area contributed by atoms with Gasteiger partial charge in [-0.15, -0.1) is 17.9 Å². The van der Waals surface area contributed by atoms with Crippen molar-refractivity contribution in [2.24, 2.45) is 0 Å². The Balaban J connectivity index is 1.71. The molecule has 0 fully saturated rings. The van der Waals surface area contributed by atoms with Crippen LogP contribution in [0.15, 0.2) is 42.3 Å². The number of ether oxygens (including phenoxy) is 1. The number of benzene rings is 1. The van der Waals surface area contributed by atoms with E-state index in [1.165, 1.54) is 11.3 Å². The van der Waals surface area contributed by atoms with Crippen LogP contribution in [0.1, 0.15) is 22.6 Å². The normalized spacial score (nSPS) is 10.6. The van der Waals surface area contributed by atoms with Crippen molar-refractivity contribution in [2.75, 3.05) is 12.4 Å². The van der Waals surface area contributed by atoms with Gasteiger partial charge in [-0.05, 0) is 32.4 Å². The third kappa shape index (κ3) is 4.25. The van der Waals surface area contributed by atoms with E-state index >= 15 is 0 Å². The summed E-state index contributed by atoms with van der Waals surface area (Å²) in [5, 5.41) is 10.1. The standard InChI is InChI=1S/C20H22N4O2S/c1-5-7-18-13(2)23-24(14(18)3)20-22-16(12-27-20)11-19(25)21-15-8-6-9-17(10-15)26-4/h5-6,8-10,12H,1,7,11H2,2-4H3,(H,21,25). The zero-order chi connectivity index (χ0) is 19.4. The topological polar surface area (TPSA) is 69.0 Å². The average molecular weight is 382 g/mol. The molecule has 0 saturated carbocycles. The number of nitrogens with zero attached hydrogens (tertiary/aromatic N) is 3. The fourth-order valence-corrected chi connectivity index (χ4v) is 3.67. The maximum Gasteiger partial charge on any atom is 0.230 e. The predicted molar refractivity (Wildman–Crippen MR) is 108 cm³/mol. The molecule has 0 aliphatic rings. The Morgan fingerprint density at radius 1 is 1.41 bits per heavy atom. The van der Waals surface area contributed by atoms with Crippen LogP contribution in [0.2, 0.25) is 0 Å². The third-order valence-electron chi connectivity index (χ3n) is 4.21. The maximum atomic E-state index is 12.3. The summed E-state index contributed by atoms with van der Waals surface area (Å²) < 4.78 is 7.00. The third-order valence-corrected chi connectivity index (χ3v) is 5.07. The molecule has 0 spiro atoms. The molecular formula is C20H22N4O2S. The molecule has 1 N–H and O–H groups in total. The first-order chi connectivity index (χ1) is 13.0. The molecule has 0 saturated heterocycles. The lowest BCUT2D eigenvalue weighted by atomic mass is 10.1. The number of rotatable bonds is 7. The molecule has 27 heavy (non-hydrogen) atoms. The van der Waals surface area contributed by atoms with Gasteiger partial charge in [0.1, 0.15) is 5.75 Å². The minimum atomic E-state index is -0.124. The van der Waals surface area contributed by atoms with Gasteiger partial charge in [-0.25, -0.2) is 9.67 Å². The molecule has 0 radical (unpaired) electrons. The number of allylic oxidation sites excluding steroid dienone is 1. The minimum Gasteiger partial charge on any atom is -0.497 e. The average Bonchev–Trinajstić information content (AvgIpc) is 3.21. The van der Waals surface area contributed by atoms with Crippen LogP contribution in [-0.2, 0) is 17.6 Å². The Bertz CT molecular complexity index is 974. The maximum absolute atomic E-state index is 12.3. The molecule has 0 aliphatic heterocycles. The van der Waals surface area contributed by atoms with E-state index in [1.54, 1.807) is 13.2 Å². The minimum absolute atomic E-state index is 0.124. The van der Waals surface area contributed by atoms with Gasteiger partial charge in [-0.1, -0.05) is 12.1 Å². The van der Waals surface area contributed by atoms with Crippen molar-refractivity contribution in [1.29, 1.82) is 0 Å². The number of thiazole rings is 1. The summed E-state index contributed by atoms with van der Waals surface area (Å²) in [5.74, 6) is 0.574. The molecule has 3 aromatic rings. The molecule has 0 unspecified atom stereocenters. The van der Waals surface area contributed by atoms with Gasteiger partial charge in [0.2, 0.25) is 11.0 Å². The lowest BCUT2D eigenvalue weighted by Crippen LogP contribution is -2.14. The molecule has 1 amide bonds. The van der Waals surface area contributed by atoms with E-state index in [9.17, 15) is 4.79 Å². The van der Waals surface area contributed by atoms with Gasteiger partial charge in [-0.3, -0.25) is 4.79 Å². The van der Waals surface area contributed by atoms with Crippen molar-refractivity contribution in [3.05, 3.63) is 64.9 Å². The number of hydrogen-bond donors (Lipinski definition) is 1. The van der Waals surface area contributed by atoms with Crippen LogP contribution in [0.5, 0.6) is 5.75 Å². The van der Waals surface area contributed by atoms with Crippen LogP contribution < -0.4 is 10.1 Å². The second-order valence-electron chi connectivity index (χ2n) is 6.13. The van der Waals surface area contributed by atoms with Crippen molar-refractivity contribution in [1.82, 2.24) is 14.8 Å².